The normalized spacial score (nSPS) is 18.8. The van der Waals surface area contributed by atoms with Crippen LogP contribution in [0.1, 0.15) is 35.2 Å². The maximum Gasteiger partial charge on any atom is 0.253 e. The lowest BCUT2D eigenvalue weighted by Gasteiger charge is -2.09. The zero-order valence-electron chi connectivity index (χ0n) is 14.1. The van der Waals surface area contributed by atoms with Gasteiger partial charge in [0.15, 0.2) is 0 Å². The van der Waals surface area contributed by atoms with Crippen molar-refractivity contribution in [1.82, 2.24) is 9.88 Å². The van der Waals surface area contributed by atoms with E-state index in [1.54, 1.807) is 12.3 Å². The molecule has 1 saturated carbocycles. The zero-order valence-corrected chi connectivity index (χ0v) is 14.8. The average Bonchev–Trinajstić information content (AvgIpc) is 3.36. The summed E-state index contributed by atoms with van der Waals surface area (Å²) in [6.45, 7) is 3.38. The van der Waals surface area contributed by atoms with Crippen molar-refractivity contribution < 1.29 is 9.53 Å². The number of ether oxygens (including phenoxy) is 1. The van der Waals surface area contributed by atoms with Gasteiger partial charge in [-0.2, -0.15) is 0 Å². The molecule has 0 saturated heterocycles. The molecule has 132 valence electrons. The minimum absolute atomic E-state index is 0.106. The summed E-state index contributed by atoms with van der Waals surface area (Å²) in [7, 11) is 0. The number of benzene rings is 1. The molecule has 6 heteroatoms. The smallest absolute Gasteiger partial charge is 0.253 e. The summed E-state index contributed by atoms with van der Waals surface area (Å²) in [5.74, 6) is 0.131. The summed E-state index contributed by atoms with van der Waals surface area (Å²) in [6.07, 6.45) is 2.49. The Balaban J connectivity index is 1.62. The van der Waals surface area contributed by atoms with Crippen LogP contribution in [0.3, 0.4) is 0 Å². The lowest BCUT2D eigenvalue weighted by molar-refractivity contribution is 0.0948. The number of nitrogens with zero attached hydrogens (tertiary/aromatic N) is 1. The zero-order chi connectivity index (χ0) is 17.8. The molecule has 0 aliphatic heterocycles. The minimum Gasteiger partial charge on any atom is -0.380 e. The van der Waals surface area contributed by atoms with Crippen molar-refractivity contribution in [2.75, 3.05) is 13.2 Å². The highest BCUT2D eigenvalue weighted by molar-refractivity contribution is 6.30. The SMILES string of the molecule is CCOCCn1cc(C(=O)NC2CC2c2cccc(Cl)c2)ccc1=O. The van der Waals surface area contributed by atoms with E-state index in [9.17, 15) is 9.59 Å². The third kappa shape index (κ3) is 4.50. The summed E-state index contributed by atoms with van der Waals surface area (Å²) in [5, 5.41) is 3.73. The number of aromatic nitrogens is 1. The second-order valence-corrected chi connectivity index (χ2v) is 6.56. The van der Waals surface area contributed by atoms with Gasteiger partial charge in [0.25, 0.3) is 11.5 Å². The van der Waals surface area contributed by atoms with E-state index in [1.165, 1.54) is 10.6 Å². The summed E-state index contributed by atoms with van der Waals surface area (Å²) in [6, 6.07) is 10.8. The van der Waals surface area contributed by atoms with Gasteiger partial charge < -0.3 is 14.6 Å². The molecular formula is C19H21ClN2O3. The van der Waals surface area contributed by atoms with Crippen molar-refractivity contribution in [1.29, 1.82) is 0 Å². The van der Waals surface area contributed by atoms with E-state index in [1.807, 2.05) is 31.2 Å². The fourth-order valence-electron chi connectivity index (χ4n) is 2.86. The van der Waals surface area contributed by atoms with Crippen molar-refractivity contribution >= 4 is 17.5 Å². The number of amides is 1. The number of carbonyl (C=O) groups excluding carboxylic acids is 1. The first kappa shape index (κ1) is 17.7. The van der Waals surface area contributed by atoms with E-state index in [0.717, 1.165) is 12.0 Å². The Morgan fingerprint density at radius 3 is 2.96 bits per heavy atom. The van der Waals surface area contributed by atoms with Crippen LogP contribution in [0.15, 0.2) is 47.4 Å². The molecule has 25 heavy (non-hydrogen) atoms. The van der Waals surface area contributed by atoms with Crippen LogP contribution in [0.25, 0.3) is 0 Å². The number of rotatable bonds is 7. The Morgan fingerprint density at radius 2 is 2.20 bits per heavy atom. The van der Waals surface area contributed by atoms with Crippen LogP contribution >= 0.6 is 11.6 Å². The highest BCUT2D eigenvalue weighted by Crippen LogP contribution is 2.41. The van der Waals surface area contributed by atoms with Gasteiger partial charge in [0.05, 0.1) is 12.2 Å². The standard InChI is InChI=1S/C19H21ClN2O3/c1-2-25-9-8-22-12-14(6-7-18(22)23)19(24)21-17-11-16(17)13-4-3-5-15(20)10-13/h3-7,10,12,16-17H,2,8-9,11H2,1H3,(H,21,24). The van der Waals surface area contributed by atoms with Crippen LogP contribution < -0.4 is 10.9 Å². The first-order chi connectivity index (χ1) is 12.1. The molecule has 1 aromatic carbocycles. The van der Waals surface area contributed by atoms with Crippen LogP contribution in [-0.2, 0) is 11.3 Å². The van der Waals surface area contributed by atoms with Gasteiger partial charge in [0, 0.05) is 42.4 Å². The summed E-state index contributed by atoms with van der Waals surface area (Å²) in [4.78, 5) is 24.3. The Bertz CT molecular complexity index is 818. The largest absolute Gasteiger partial charge is 0.380 e. The molecule has 0 spiro atoms. The second kappa shape index (κ2) is 7.85. The fourth-order valence-corrected chi connectivity index (χ4v) is 3.06. The first-order valence-corrected chi connectivity index (χ1v) is 8.81. The Morgan fingerprint density at radius 1 is 1.36 bits per heavy atom. The van der Waals surface area contributed by atoms with Crippen LogP contribution in [0.2, 0.25) is 5.02 Å². The van der Waals surface area contributed by atoms with Gasteiger partial charge in [0.2, 0.25) is 0 Å². The van der Waals surface area contributed by atoms with Crippen molar-refractivity contribution in [3.63, 3.8) is 0 Å². The molecule has 1 aliphatic carbocycles. The predicted octanol–water partition coefficient (Wildman–Crippen LogP) is 2.82. The van der Waals surface area contributed by atoms with E-state index >= 15 is 0 Å². The lowest BCUT2D eigenvalue weighted by Crippen LogP contribution is -2.29. The molecule has 0 radical (unpaired) electrons. The topological polar surface area (TPSA) is 60.3 Å². The highest BCUT2D eigenvalue weighted by Gasteiger charge is 2.39. The number of pyridine rings is 1. The molecule has 2 unspecified atom stereocenters. The summed E-state index contributed by atoms with van der Waals surface area (Å²) < 4.78 is 6.77. The summed E-state index contributed by atoms with van der Waals surface area (Å²) >= 11 is 6.02. The molecular weight excluding hydrogens is 340 g/mol. The molecule has 2 atom stereocenters. The van der Waals surface area contributed by atoms with Gasteiger partial charge in [-0.3, -0.25) is 9.59 Å². The van der Waals surface area contributed by atoms with E-state index < -0.39 is 0 Å². The molecule has 2 aromatic rings. The van der Waals surface area contributed by atoms with E-state index in [0.29, 0.717) is 36.3 Å². The molecule has 1 aliphatic rings. The quantitative estimate of drug-likeness (QED) is 0.772. The number of nitrogens with one attached hydrogen (secondary N) is 1. The molecule has 0 bridgehead atoms. The van der Waals surface area contributed by atoms with Gasteiger partial charge in [-0.15, -0.1) is 0 Å². The van der Waals surface area contributed by atoms with Gasteiger partial charge in [-0.05, 0) is 37.1 Å². The Kier molecular flexibility index (Phi) is 5.56. The third-order valence-corrected chi connectivity index (χ3v) is 4.55. The highest BCUT2D eigenvalue weighted by atomic mass is 35.5. The second-order valence-electron chi connectivity index (χ2n) is 6.12. The molecule has 1 heterocycles. The van der Waals surface area contributed by atoms with Gasteiger partial charge in [-0.1, -0.05) is 23.7 Å². The van der Waals surface area contributed by atoms with Crippen LogP contribution in [-0.4, -0.2) is 29.7 Å². The number of hydrogen-bond donors (Lipinski definition) is 1. The number of hydrogen-bond acceptors (Lipinski definition) is 3. The molecule has 3 rings (SSSR count). The maximum absolute atomic E-state index is 12.4. The van der Waals surface area contributed by atoms with Crippen molar-refractivity contribution in [2.45, 2.75) is 31.8 Å². The monoisotopic (exact) mass is 360 g/mol. The van der Waals surface area contributed by atoms with Crippen LogP contribution in [0.4, 0.5) is 0 Å². The molecule has 1 fully saturated rings. The predicted molar refractivity (Wildman–Crippen MR) is 97.3 cm³/mol. The molecule has 1 N–H and O–H groups in total. The number of carbonyl (C=O) groups is 1. The Labute approximate surface area is 151 Å². The molecule has 1 amide bonds. The Hall–Kier alpha value is -2.11. The average molecular weight is 361 g/mol. The fraction of sp³-hybridized carbons (Fsp3) is 0.368. The van der Waals surface area contributed by atoms with Crippen LogP contribution in [0.5, 0.6) is 0 Å². The van der Waals surface area contributed by atoms with Crippen molar-refractivity contribution in [3.05, 3.63) is 69.1 Å². The third-order valence-electron chi connectivity index (χ3n) is 4.31. The van der Waals surface area contributed by atoms with Crippen molar-refractivity contribution in [3.8, 4) is 0 Å². The molecule has 5 nitrogen and oxygen atoms in total. The first-order valence-electron chi connectivity index (χ1n) is 8.43. The van der Waals surface area contributed by atoms with E-state index in [4.69, 9.17) is 16.3 Å². The molecule has 1 aromatic heterocycles. The number of halogens is 1. The minimum atomic E-state index is -0.167. The summed E-state index contributed by atoms with van der Waals surface area (Å²) in [5.41, 5.74) is 1.48. The van der Waals surface area contributed by atoms with E-state index in [2.05, 4.69) is 5.32 Å². The van der Waals surface area contributed by atoms with Gasteiger partial charge in [-0.25, -0.2) is 0 Å². The lowest BCUT2D eigenvalue weighted by atomic mass is 10.1. The van der Waals surface area contributed by atoms with Gasteiger partial charge in [0.1, 0.15) is 0 Å². The maximum atomic E-state index is 12.4. The van der Waals surface area contributed by atoms with Crippen LogP contribution in [0, 0.1) is 0 Å². The van der Waals surface area contributed by atoms with E-state index in [-0.39, 0.29) is 17.5 Å². The van der Waals surface area contributed by atoms with Gasteiger partial charge >= 0.3 is 0 Å². The van der Waals surface area contributed by atoms with Crippen molar-refractivity contribution in [2.24, 2.45) is 0 Å².